The van der Waals surface area contributed by atoms with E-state index in [1.807, 2.05) is 26.0 Å². The maximum Gasteiger partial charge on any atom is 0.264 e. The predicted octanol–water partition coefficient (Wildman–Crippen LogP) is 4.60. The van der Waals surface area contributed by atoms with Crippen LogP contribution in [-0.2, 0) is 4.79 Å². The summed E-state index contributed by atoms with van der Waals surface area (Å²) in [6.45, 7) is 7.95. The topological polar surface area (TPSA) is 61.7 Å². The Labute approximate surface area is 151 Å². The van der Waals surface area contributed by atoms with E-state index in [4.69, 9.17) is 0 Å². The molecule has 2 N–H and O–H groups in total. The summed E-state index contributed by atoms with van der Waals surface area (Å²) in [6, 6.07) is 11.4. The van der Waals surface area contributed by atoms with E-state index >= 15 is 0 Å². The van der Waals surface area contributed by atoms with Crippen molar-refractivity contribution in [2.24, 2.45) is 4.99 Å². The number of phenolic OH excluding ortho intramolecular Hbond substituents is 1. The predicted molar refractivity (Wildman–Crippen MR) is 104 cm³/mol. The number of hydrogen-bond donors (Lipinski definition) is 2. The van der Waals surface area contributed by atoms with Gasteiger partial charge in [-0.05, 0) is 73.4 Å². The Kier molecular flexibility index (Phi) is 4.68. The van der Waals surface area contributed by atoms with Crippen molar-refractivity contribution in [3.05, 3.63) is 63.6 Å². The highest BCUT2D eigenvalue weighted by atomic mass is 32.2. The first kappa shape index (κ1) is 17.3. The molecule has 1 saturated heterocycles. The lowest BCUT2D eigenvalue weighted by Gasteiger charge is -2.07. The van der Waals surface area contributed by atoms with Crippen LogP contribution in [0.2, 0.25) is 0 Å². The van der Waals surface area contributed by atoms with E-state index in [1.165, 1.54) is 22.9 Å². The van der Waals surface area contributed by atoms with Gasteiger partial charge in [-0.15, -0.1) is 0 Å². The summed E-state index contributed by atoms with van der Waals surface area (Å²) in [5, 5.41) is 13.3. The van der Waals surface area contributed by atoms with Crippen LogP contribution >= 0.6 is 11.8 Å². The van der Waals surface area contributed by atoms with Crippen molar-refractivity contribution in [3.63, 3.8) is 0 Å². The van der Waals surface area contributed by atoms with Crippen LogP contribution in [0.15, 0.2) is 46.3 Å². The minimum Gasteiger partial charge on any atom is -0.506 e. The minimum absolute atomic E-state index is 0.102. The summed E-state index contributed by atoms with van der Waals surface area (Å²) in [6.07, 6.45) is 0. The number of thioether (sulfide) groups is 1. The number of nitrogens with zero attached hydrogens (tertiary/aromatic N) is 1. The first-order valence-corrected chi connectivity index (χ1v) is 8.83. The molecule has 0 radical (unpaired) electrons. The fourth-order valence-electron chi connectivity index (χ4n) is 2.62. The van der Waals surface area contributed by atoms with Crippen molar-refractivity contribution in [3.8, 4) is 5.75 Å². The van der Waals surface area contributed by atoms with Crippen molar-refractivity contribution in [1.82, 2.24) is 5.32 Å². The van der Waals surface area contributed by atoms with Crippen molar-refractivity contribution < 1.29 is 9.90 Å². The van der Waals surface area contributed by atoms with Crippen LogP contribution in [0.3, 0.4) is 0 Å². The zero-order valence-corrected chi connectivity index (χ0v) is 15.5. The molecule has 1 heterocycles. The number of amidine groups is 1. The van der Waals surface area contributed by atoms with Crippen molar-refractivity contribution in [2.45, 2.75) is 27.7 Å². The zero-order chi connectivity index (χ0) is 18.1. The molecule has 1 aliphatic rings. The van der Waals surface area contributed by atoms with Gasteiger partial charge in [-0.1, -0.05) is 30.3 Å². The minimum atomic E-state index is -0.160. The molecule has 128 valence electrons. The highest BCUT2D eigenvalue weighted by molar-refractivity contribution is 8.18. The van der Waals surface area contributed by atoms with Gasteiger partial charge in [0.2, 0.25) is 0 Å². The number of nitrogens with one attached hydrogen (secondary N) is 1. The molecule has 0 unspecified atom stereocenters. The molecular formula is C20H20N2O2S. The molecule has 3 rings (SSSR count). The van der Waals surface area contributed by atoms with E-state index in [-0.39, 0.29) is 11.7 Å². The summed E-state index contributed by atoms with van der Waals surface area (Å²) in [7, 11) is 0. The Morgan fingerprint density at radius 2 is 1.84 bits per heavy atom. The van der Waals surface area contributed by atoms with Gasteiger partial charge in [0.25, 0.3) is 5.91 Å². The molecule has 2 aromatic carbocycles. The molecule has 0 aliphatic carbocycles. The number of aliphatic imine (C=N–C) groups is 1. The van der Waals surface area contributed by atoms with E-state index in [0.717, 1.165) is 16.7 Å². The Hall–Kier alpha value is -2.53. The normalized spacial score (nSPS) is 17.8. The van der Waals surface area contributed by atoms with Crippen molar-refractivity contribution >= 4 is 34.1 Å². The third-order valence-corrected chi connectivity index (χ3v) is 5.42. The Bertz CT molecular complexity index is 909. The number of rotatable bonds is 2. The molecule has 0 atom stereocenters. The second-order valence-corrected chi connectivity index (χ2v) is 7.17. The number of allylic oxidation sites excluding steroid dienone is 1. The Morgan fingerprint density at radius 3 is 2.52 bits per heavy atom. The summed E-state index contributed by atoms with van der Waals surface area (Å²) in [5.41, 5.74) is 5.70. The first-order chi connectivity index (χ1) is 11.9. The van der Waals surface area contributed by atoms with Gasteiger partial charge in [-0.2, -0.15) is 0 Å². The molecule has 4 nitrogen and oxygen atoms in total. The first-order valence-electron chi connectivity index (χ1n) is 8.02. The van der Waals surface area contributed by atoms with Gasteiger partial charge in [-0.3, -0.25) is 4.79 Å². The summed E-state index contributed by atoms with van der Waals surface area (Å²) in [4.78, 5) is 17.4. The molecular weight excluding hydrogens is 332 g/mol. The summed E-state index contributed by atoms with van der Waals surface area (Å²) < 4.78 is 0. The molecule has 0 spiro atoms. The van der Waals surface area contributed by atoms with Crippen LogP contribution in [0, 0.1) is 20.8 Å². The van der Waals surface area contributed by atoms with Crippen LogP contribution in [0.5, 0.6) is 5.75 Å². The molecule has 1 amide bonds. The number of phenols is 1. The molecule has 0 saturated carbocycles. The molecule has 0 aromatic heterocycles. The molecule has 0 bridgehead atoms. The largest absolute Gasteiger partial charge is 0.506 e. The summed E-state index contributed by atoms with van der Waals surface area (Å²) in [5.74, 6) is -0.0572. The van der Waals surface area contributed by atoms with Crippen LogP contribution in [0.4, 0.5) is 5.69 Å². The van der Waals surface area contributed by atoms with Gasteiger partial charge in [-0.25, -0.2) is 4.99 Å². The number of para-hydroxylation sites is 1. The lowest BCUT2D eigenvalue weighted by molar-refractivity contribution is -0.115. The van der Waals surface area contributed by atoms with Crippen LogP contribution in [-0.4, -0.2) is 16.2 Å². The van der Waals surface area contributed by atoms with E-state index in [1.54, 1.807) is 12.1 Å². The van der Waals surface area contributed by atoms with Gasteiger partial charge in [0.1, 0.15) is 11.4 Å². The van der Waals surface area contributed by atoms with Gasteiger partial charge in [0.15, 0.2) is 5.17 Å². The third kappa shape index (κ3) is 3.46. The van der Waals surface area contributed by atoms with Gasteiger partial charge < -0.3 is 10.4 Å². The quantitative estimate of drug-likeness (QED) is 0.777. The zero-order valence-electron chi connectivity index (χ0n) is 14.7. The average Bonchev–Trinajstić information content (AvgIpc) is 2.93. The molecule has 1 aliphatic heterocycles. The SMILES string of the molecule is C/C(=C1/SC(=Nc2c(C)cccc2O)NC1=O)c1ccc(C)c(C)c1. The maximum absolute atomic E-state index is 12.4. The van der Waals surface area contributed by atoms with Crippen LogP contribution in [0.25, 0.3) is 5.57 Å². The van der Waals surface area contributed by atoms with E-state index < -0.39 is 0 Å². The van der Waals surface area contributed by atoms with Gasteiger partial charge >= 0.3 is 0 Å². The molecule has 1 fully saturated rings. The highest BCUT2D eigenvalue weighted by Crippen LogP contribution is 2.36. The standard InChI is InChI=1S/C20H20N2O2S/c1-11-8-9-15(10-13(11)3)14(4)18-19(24)22-20(25-18)21-17-12(2)6-5-7-16(17)23/h5-10,23H,1-4H3,(H,21,22,24)/b18-14-. The maximum atomic E-state index is 12.4. The lowest BCUT2D eigenvalue weighted by Crippen LogP contribution is -2.19. The molecule has 5 heteroatoms. The van der Waals surface area contributed by atoms with Crippen molar-refractivity contribution in [1.29, 1.82) is 0 Å². The fourth-order valence-corrected chi connectivity index (χ4v) is 3.50. The number of aromatic hydroxyl groups is 1. The average molecular weight is 352 g/mol. The number of carbonyl (C=O) groups is 1. The number of benzene rings is 2. The van der Waals surface area contributed by atoms with Crippen LogP contribution < -0.4 is 5.32 Å². The van der Waals surface area contributed by atoms with Gasteiger partial charge in [0, 0.05) is 0 Å². The van der Waals surface area contributed by atoms with E-state index in [2.05, 4.69) is 36.3 Å². The lowest BCUT2D eigenvalue weighted by atomic mass is 10.0. The van der Waals surface area contributed by atoms with E-state index in [9.17, 15) is 9.90 Å². The Balaban J connectivity index is 1.97. The molecule has 25 heavy (non-hydrogen) atoms. The number of hydrogen-bond acceptors (Lipinski definition) is 4. The monoisotopic (exact) mass is 352 g/mol. The third-order valence-electron chi connectivity index (χ3n) is 4.34. The van der Waals surface area contributed by atoms with Crippen molar-refractivity contribution in [2.75, 3.05) is 0 Å². The number of amides is 1. The summed E-state index contributed by atoms with van der Waals surface area (Å²) >= 11 is 1.30. The second-order valence-electron chi connectivity index (χ2n) is 6.17. The highest BCUT2D eigenvalue weighted by Gasteiger charge is 2.27. The van der Waals surface area contributed by atoms with Gasteiger partial charge in [0.05, 0.1) is 4.91 Å². The second kappa shape index (κ2) is 6.76. The van der Waals surface area contributed by atoms with Crippen LogP contribution in [0.1, 0.15) is 29.2 Å². The fraction of sp³-hybridized carbons (Fsp3) is 0.200. The molecule has 2 aromatic rings. The smallest absolute Gasteiger partial charge is 0.264 e. The Morgan fingerprint density at radius 1 is 1.08 bits per heavy atom. The van der Waals surface area contributed by atoms with E-state index in [0.29, 0.717) is 15.8 Å². The number of carbonyl (C=O) groups excluding carboxylic acids is 1. The number of aryl methyl sites for hydroxylation is 3.